The van der Waals surface area contributed by atoms with E-state index < -0.39 is 0 Å². The fraction of sp³-hybridized carbons (Fsp3) is 0.857. The molecule has 0 aromatic rings. The van der Waals surface area contributed by atoms with Gasteiger partial charge < -0.3 is 9.59 Å². The van der Waals surface area contributed by atoms with Crippen LogP contribution in [0.15, 0.2) is 0 Å². The summed E-state index contributed by atoms with van der Waals surface area (Å²) >= 11 is 2.06. The van der Waals surface area contributed by atoms with Crippen molar-refractivity contribution in [3.8, 4) is 0 Å². The molecule has 0 aromatic carbocycles. The van der Waals surface area contributed by atoms with Crippen LogP contribution in [-0.2, 0) is 9.59 Å². The molecule has 0 N–H and O–H groups in total. The van der Waals surface area contributed by atoms with Gasteiger partial charge in [0, 0.05) is 22.3 Å². The van der Waals surface area contributed by atoms with E-state index in [4.69, 9.17) is 0 Å². The van der Waals surface area contributed by atoms with Gasteiger partial charge in [0.25, 0.3) is 0 Å². The minimum atomic E-state index is 0.298. The lowest BCUT2D eigenvalue weighted by Crippen LogP contribution is -2.24. The van der Waals surface area contributed by atoms with Gasteiger partial charge >= 0.3 is 0 Å². The summed E-state index contributed by atoms with van der Waals surface area (Å²) in [5.74, 6) is 0.596. The number of thioether (sulfide) groups is 1. The molecular formula is C14H22O2S. The van der Waals surface area contributed by atoms with Crippen molar-refractivity contribution in [2.45, 2.75) is 61.9 Å². The van der Waals surface area contributed by atoms with Gasteiger partial charge in [-0.25, -0.2) is 0 Å². The lowest BCUT2D eigenvalue weighted by atomic mass is 9.89. The molecule has 0 spiro atoms. The van der Waals surface area contributed by atoms with Gasteiger partial charge in [-0.3, -0.25) is 0 Å². The first-order chi connectivity index (χ1) is 8.31. The van der Waals surface area contributed by atoms with Crippen LogP contribution in [0, 0.1) is 11.8 Å². The zero-order chi connectivity index (χ0) is 12.1. The van der Waals surface area contributed by atoms with Gasteiger partial charge in [0.15, 0.2) is 0 Å². The van der Waals surface area contributed by atoms with Gasteiger partial charge in [0.1, 0.15) is 12.6 Å². The predicted octanol–water partition coefficient (Wildman–Crippen LogP) is 3.24. The van der Waals surface area contributed by atoms with Gasteiger partial charge in [0.05, 0.1) is 0 Å². The fourth-order valence-corrected chi connectivity index (χ4v) is 5.00. The molecule has 3 heteroatoms. The molecule has 4 unspecified atom stereocenters. The van der Waals surface area contributed by atoms with E-state index in [0.29, 0.717) is 22.3 Å². The van der Waals surface area contributed by atoms with E-state index in [2.05, 4.69) is 11.8 Å². The van der Waals surface area contributed by atoms with Gasteiger partial charge in [0.2, 0.25) is 0 Å². The molecule has 0 radical (unpaired) electrons. The molecule has 0 aromatic heterocycles. The van der Waals surface area contributed by atoms with E-state index >= 15 is 0 Å². The maximum absolute atomic E-state index is 10.8. The SMILES string of the molecule is O=CC1CCCC(SC2CCCC(C=O)C2)C1. The summed E-state index contributed by atoms with van der Waals surface area (Å²) in [7, 11) is 0. The maximum Gasteiger partial charge on any atom is 0.123 e. The second kappa shape index (κ2) is 6.58. The Morgan fingerprint density at radius 3 is 1.65 bits per heavy atom. The van der Waals surface area contributed by atoms with Crippen LogP contribution in [0.4, 0.5) is 0 Å². The second-order valence-corrected chi connectivity index (χ2v) is 7.11. The Morgan fingerprint density at radius 2 is 1.24 bits per heavy atom. The first-order valence-electron chi connectivity index (χ1n) is 6.88. The molecular weight excluding hydrogens is 232 g/mol. The van der Waals surface area contributed by atoms with Crippen molar-refractivity contribution in [1.29, 1.82) is 0 Å². The first kappa shape index (κ1) is 13.1. The highest BCUT2D eigenvalue weighted by molar-refractivity contribution is 8.00. The van der Waals surface area contributed by atoms with Crippen LogP contribution < -0.4 is 0 Å². The molecule has 0 amide bonds. The standard InChI is InChI=1S/C14H22O2S/c15-9-11-3-1-5-13(7-11)17-14-6-2-4-12(8-14)10-16/h9-14H,1-8H2. The first-order valence-corrected chi connectivity index (χ1v) is 7.82. The molecule has 17 heavy (non-hydrogen) atoms. The van der Waals surface area contributed by atoms with E-state index in [1.165, 1.54) is 25.7 Å². The Morgan fingerprint density at radius 1 is 0.765 bits per heavy atom. The lowest BCUT2D eigenvalue weighted by molar-refractivity contribution is -0.112. The summed E-state index contributed by atoms with van der Waals surface area (Å²) in [6.07, 6.45) is 11.5. The molecule has 2 fully saturated rings. The molecule has 0 saturated heterocycles. The Bertz CT molecular complexity index is 241. The van der Waals surface area contributed by atoms with Crippen LogP contribution in [0.5, 0.6) is 0 Å². The normalized spacial score (nSPS) is 38.6. The third kappa shape index (κ3) is 3.84. The molecule has 4 atom stereocenters. The zero-order valence-electron chi connectivity index (χ0n) is 10.3. The molecule has 2 aliphatic rings. The monoisotopic (exact) mass is 254 g/mol. The Balaban J connectivity index is 1.79. The number of carbonyl (C=O) groups is 2. The van der Waals surface area contributed by atoms with Crippen molar-refractivity contribution in [2.75, 3.05) is 0 Å². The zero-order valence-corrected chi connectivity index (χ0v) is 11.2. The summed E-state index contributed by atoms with van der Waals surface area (Å²) in [4.78, 5) is 21.7. The van der Waals surface area contributed by atoms with E-state index in [-0.39, 0.29) is 0 Å². The second-order valence-electron chi connectivity index (χ2n) is 5.51. The van der Waals surface area contributed by atoms with Crippen molar-refractivity contribution in [3.63, 3.8) is 0 Å². The highest BCUT2D eigenvalue weighted by atomic mass is 32.2. The van der Waals surface area contributed by atoms with E-state index in [0.717, 1.165) is 38.3 Å². The van der Waals surface area contributed by atoms with E-state index in [1.54, 1.807) is 0 Å². The molecule has 0 aliphatic heterocycles. The molecule has 2 nitrogen and oxygen atoms in total. The van der Waals surface area contributed by atoms with E-state index in [1.807, 2.05) is 0 Å². The van der Waals surface area contributed by atoms with Crippen LogP contribution in [0.1, 0.15) is 51.4 Å². The van der Waals surface area contributed by atoms with Crippen molar-refractivity contribution in [3.05, 3.63) is 0 Å². The number of hydrogen-bond donors (Lipinski definition) is 0. The number of carbonyl (C=O) groups excluding carboxylic acids is 2. The summed E-state index contributed by atoms with van der Waals surface area (Å²) in [5.41, 5.74) is 0. The van der Waals surface area contributed by atoms with Crippen molar-refractivity contribution in [2.24, 2.45) is 11.8 Å². The number of aldehydes is 2. The third-order valence-corrected chi connectivity index (χ3v) is 5.73. The largest absolute Gasteiger partial charge is 0.303 e. The molecule has 96 valence electrons. The topological polar surface area (TPSA) is 34.1 Å². The van der Waals surface area contributed by atoms with Crippen molar-refractivity contribution in [1.82, 2.24) is 0 Å². The number of hydrogen-bond acceptors (Lipinski definition) is 3. The maximum atomic E-state index is 10.8. The average molecular weight is 254 g/mol. The molecule has 2 aliphatic carbocycles. The third-order valence-electron chi connectivity index (χ3n) is 4.10. The average Bonchev–Trinajstić information content (AvgIpc) is 2.39. The highest BCUT2D eigenvalue weighted by Gasteiger charge is 2.28. The van der Waals surface area contributed by atoms with Crippen LogP contribution in [0.3, 0.4) is 0 Å². The summed E-state index contributed by atoms with van der Waals surface area (Å²) in [5, 5.41) is 1.32. The van der Waals surface area contributed by atoms with Crippen molar-refractivity contribution < 1.29 is 9.59 Å². The smallest absolute Gasteiger partial charge is 0.123 e. The number of rotatable bonds is 4. The van der Waals surface area contributed by atoms with Gasteiger partial charge in [-0.1, -0.05) is 12.8 Å². The predicted molar refractivity (Wildman–Crippen MR) is 71.2 cm³/mol. The molecule has 2 rings (SSSR count). The van der Waals surface area contributed by atoms with Gasteiger partial charge in [-0.05, 0) is 38.5 Å². The Kier molecular flexibility index (Phi) is 5.08. The quantitative estimate of drug-likeness (QED) is 0.722. The van der Waals surface area contributed by atoms with Gasteiger partial charge in [-0.2, -0.15) is 11.8 Å². The van der Waals surface area contributed by atoms with Crippen LogP contribution in [-0.4, -0.2) is 23.1 Å². The molecule has 2 saturated carbocycles. The molecule has 0 heterocycles. The summed E-state index contributed by atoms with van der Waals surface area (Å²) in [6, 6.07) is 0. The molecule has 0 bridgehead atoms. The van der Waals surface area contributed by atoms with Crippen LogP contribution >= 0.6 is 11.8 Å². The van der Waals surface area contributed by atoms with Crippen LogP contribution in [0.25, 0.3) is 0 Å². The Labute approximate surface area is 108 Å². The van der Waals surface area contributed by atoms with Crippen LogP contribution in [0.2, 0.25) is 0 Å². The minimum Gasteiger partial charge on any atom is -0.303 e. The lowest BCUT2D eigenvalue weighted by Gasteiger charge is -2.32. The summed E-state index contributed by atoms with van der Waals surface area (Å²) < 4.78 is 0. The highest BCUT2D eigenvalue weighted by Crippen LogP contribution is 2.39. The Hall–Kier alpha value is -0.310. The summed E-state index contributed by atoms with van der Waals surface area (Å²) in [6.45, 7) is 0. The van der Waals surface area contributed by atoms with E-state index in [9.17, 15) is 9.59 Å². The van der Waals surface area contributed by atoms with Crippen molar-refractivity contribution >= 4 is 24.3 Å². The van der Waals surface area contributed by atoms with Gasteiger partial charge in [-0.15, -0.1) is 0 Å². The fourth-order valence-electron chi connectivity index (χ4n) is 3.13. The minimum absolute atomic E-state index is 0.298.